The summed E-state index contributed by atoms with van der Waals surface area (Å²) in [5, 5.41) is 1.91. The number of rotatable bonds is 5. The van der Waals surface area contributed by atoms with Crippen LogP contribution >= 0.6 is 11.6 Å². The van der Waals surface area contributed by atoms with Crippen LogP contribution in [0.4, 0.5) is 0 Å². The zero-order valence-electron chi connectivity index (χ0n) is 15.9. The first kappa shape index (κ1) is 18.9. The second-order valence-corrected chi connectivity index (χ2v) is 7.71. The average molecular weight is 394 g/mol. The Morgan fingerprint density at radius 1 is 0.964 bits per heavy atom. The number of piperazine rings is 1. The highest BCUT2D eigenvalue weighted by Gasteiger charge is 2.21. The van der Waals surface area contributed by atoms with Crippen LogP contribution < -0.4 is 0 Å². The number of para-hydroxylation sites is 1. The Morgan fingerprint density at radius 3 is 2.50 bits per heavy atom. The molecule has 1 aromatic heterocycles. The molecule has 4 nitrogen and oxygen atoms in total. The lowest BCUT2D eigenvalue weighted by atomic mass is 10.1. The second-order valence-electron chi connectivity index (χ2n) is 7.28. The summed E-state index contributed by atoms with van der Waals surface area (Å²) in [6, 6.07) is 18.2. The Hall–Kier alpha value is -2.43. The van der Waals surface area contributed by atoms with E-state index in [2.05, 4.69) is 34.1 Å². The Kier molecular flexibility index (Phi) is 5.89. The van der Waals surface area contributed by atoms with E-state index < -0.39 is 0 Å². The summed E-state index contributed by atoms with van der Waals surface area (Å²) in [5.41, 5.74) is 3.48. The SMILES string of the molecule is O=C(CCc1ccc(Cl)cc1)N1CCN(Cc2cccc3cccnc23)CC1. The highest BCUT2D eigenvalue weighted by Crippen LogP contribution is 2.19. The van der Waals surface area contributed by atoms with Crippen LogP contribution in [0.15, 0.2) is 60.8 Å². The minimum atomic E-state index is 0.237. The predicted octanol–water partition coefficient (Wildman–Crippen LogP) is 4.17. The largest absolute Gasteiger partial charge is 0.340 e. The molecule has 0 spiro atoms. The number of halogens is 1. The maximum absolute atomic E-state index is 12.5. The number of carbonyl (C=O) groups excluding carboxylic acids is 1. The summed E-state index contributed by atoms with van der Waals surface area (Å²) < 4.78 is 0. The van der Waals surface area contributed by atoms with Gasteiger partial charge in [0.2, 0.25) is 5.91 Å². The van der Waals surface area contributed by atoms with Gasteiger partial charge in [-0.15, -0.1) is 0 Å². The molecule has 5 heteroatoms. The summed E-state index contributed by atoms with van der Waals surface area (Å²) in [6.45, 7) is 4.25. The first-order valence-electron chi connectivity index (χ1n) is 9.76. The van der Waals surface area contributed by atoms with Crippen LogP contribution in [0, 0.1) is 0 Å². The van der Waals surface area contributed by atoms with E-state index in [4.69, 9.17) is 11.6 Å². The van der Waals surface area contributed by atoms with Crippen molar-refractivity contribution in [1.29, 1.82) is 0 Å². The number of carbonyl (C=O) groups is 1. The van der Waals surface area contributed by atoms with Crippen LogP contribution in [-0.2, 0) is 17.8 Å². The zero-order chi connectivity index (χ0) is 19.3. The van der Waals surface area contributed by atoms with E-state index in [1.807, 2.05) is 41.4 Å². The van der Waals surface area contributed by atoms with Crippen LogP contribution in [0.3, 0.4) is 0 Å². The quantitative estimate of drug-likeness (QED) is 0.652. The number of hydrogen-bond acceptors (Lipinski definition) is 3. The maximum Gasteiger partial charge on any atom is 0.222 e. The first-order chi connectivity index (χ1) is 13.7. The standard InChI is InChI=1S/C23H24ClN3O/c24-21-9-6-18(7-10-21)8-11-22(28)27-15-13-26(14-16-27)17-20-4-1-3-19-5-2-12-25-23(19)20/h1-7,9-10,12H,8,11,13-17H2. The van der Waals surface area contributed by atoms with Crippen molar-refractivity contribution in [2.75, 3.05) is 26.2 Å². The molecule has 4 rings (SSSR count). The van der Waals surface area contributed by atoms with Crippen LogP contribution in [0.2, 0.25) is 5.02 Å². The Morgan fingerprint density at radius 2 is 1.71 bits per heavy atom. The lowest BCUT2D eigenvalue weighted by molar-refractivity contribution is -0.133. The lowest BCUT2D eigenvalue weighted by Gasteiger charge is -2.35. The van der Waals surface area contributed by atoms with Crippen molar-refractivity contribution in [3.8, 4) is 0 Å². The second kappa shape index (κ2) is 8.72. The number of benzene rings is 2. The van der Waals surface area contributed by atoms with Gasteiger partial charge in [-0.25, -0.2) is 0 Å². The Labute approximate surface area is 170 Å². The van der Waals surface area contributed by atoms with Gasteiger partial charge in [-0.05, 0) is 35.7 Å². The van der Waals surface area contributed by atoms with Gasteiger partial charge >= 0.3 is 0 Å². The fourth-order valence-electron chi connectivity index (χ4n) is 3.75. The predicted molar refractivity (Wildman–Crippen MR) is 113 cm³/mol. The molecule has 1 aliphatic rings. The van der Waals surface area contributed by atoms with Gasteiger partial charge in [0, 0.05) is 55.8 Å². The molecule has 0 unspecified atom stereocenters. The van der Waals surface area contributed by atoms with E-state index in [9.17, 15) is 4.79 Å². The molecule has 0 atom stereocenters. The van der Waals surface area contributed by atoms with Crippen LogP contribution in [0.25, 0.3) is 10.9 Å². The van der Waals surface area contributed by atoms with E-state index in [0.717, 1.165) is 55.2 Å². The fraction of sp³-hybridized carbons (Fsp3) is 0.304. The van der Waals surface area contributed by atoms with Crippen molar-refractivity contribution in [3.05, 3.63) is 76.9 Å². The van der Waals surface area contributed by atoms with E-state index in [-0.39, 0.29) is 5.91 Å². The molecule has 2 aromatic carbocycles. The summed E-state index contributed by atoms with van der Waals surface area (Å²) in [6.07, 6.45) is 3.16. The van der Waals surface area contributed by atoms with Crippen molar-refractivity contribution in [2.24, 2.45) is 0 Å². The molecule has 0 aliphatic carbocycles. The minimum Gasteiger partial charge on any atom is -0.340 e. The number of aromatic nitrogens is 1. The van der Waals surface area contributed by atoms with Crippen LogP contribution in [-0.4, -0.2) is 46.9 Å². The molecule has 1 aliphatic heterocycles. The van der Waals surface area contributed by atoms with Gasteiger partial charge in [-0.1, -0.05) is 48.0 Å². The summed E-state index contributed by atoms with van der Waals surface area (Å²) >= 11 is 5.92. The molecule has 0 saturated carbocycles. The normalized spacial score (nSPS) is 15.1. The zero-order valence-corrected chi connectivity index (χ0v) is 16.6. The Balaban J connectivity index is 1.29. The molecule has 0 N–H and O–H groups in total. The number of fused-ring (bicyclic) bond motifs is 1. The molecule has 1 fully saturated rings. The van der Waals surface area contributed by atoms with E-state index in [0.29, 0.717) is 6.42 Å². The van der Waals surface area contributed by atoms with Gasteiger partial charge < -0.3 is 4.90 Å². The summed E-state index contributed by atoms with van der Waals surface area (Å²) in [5.74, 6) is 0.237. The molecule has 0 bridgehead atoms. The molecular weight excluding hydrogens is 370 g/mol. The van der Waals surface area contributed by atoms with E-state index in [1.165, 1.54) is 10.9 Å². The van der Waals surface area contributed by atoms with Crippen molar-refractivity contribution >= 4 is 28.4 Å². The smallest absolute Gasteiger partial charge is 0.222 e. The first-order valence-corrected chi connectivity index (χ1v) is 10.1. The highest BCUT2D eigenvalue weighted by molar-refractivity contribution is 6.30. The van der Waals surface area contributed by atoms with Crippen LogP contribution in [0.1, 0.15) is 17.5 Å². The van der Waals surface area contributed by atoms with E-state index >= 15 is 0 Å². The number of aryl methyl sites for hydroxylation is 1. The van der Waals surface area contributed by atoms with Gasteiger partial charge in [0.05, 0.1) is 5.52 Å². The number of nitrogens with zero attached hydrogens (tertiary/aromatic N) is 3. The van der Waals surface area contributed by atoms with Gasteiger partial charge in [-0.3, -0.25) is 14.7 Å². The summed E-state index contributed by atoms with van der Waals surface area (Å²) in [4.78, 5) is 21.5. The number of amides is 1. The molecule has 2 heterocycles. The molecule has 0 radical (unpaired) electrons. The number of pyridine rings is 1. The van der Waals surface area contributed by atoms with E-state index in [1.54, 1.807) is 0 Å². The molecule has 1 amide bonds. The van der Waals surface area contributed by atoms with Gasteiger partial charge in [-0.2, -0.15) is 0 Å². The third-order valence-corrected chi connectivity index (χ3v) is 5.63. The maximum atomic E-state index is 12.5. The van der Waals surface area contributed by atoms with Crippen molar-refractivity contribution in [3.63, 3.8) is 0 Å². The van der Waals surface area contributed by atoms with Crippen molar-refractivity contribution < 1.29 is 4.79 Å². The molecule has 3 aromatic rings. The molecule has 1 saturated heterocycles. The number of hydrogen-bond donors (Lipinski definition) is 0. The highest BCUT2D eigenvalue weighted by atomic mass is 35.5. The summed E-state index contributed by atoms with van der Waals surface area (Å²) in [7, 11) is 0. The van der Waals surface area contributed by atoms with Crippen LogP contribution in [0.5, 0.6) is 0 Å². The Bertz CT molecular complexity index is 944. The topological polar surface area (TPSA) is 36.4 Å². The van der Waals surface area contributed by atoms with Gasteiger partial charge in [0.1, 0.15) is 0 Å². The fourth-order valence-corrected chi connectivity index (χ4v) is 3.88. The third-order valence-electron chi connectivity index (χ3n) is 5.38. The van der Waals surface area contributed by atoms with Gasteiger partial charge in [0.15, 0.2) is 0 Å². The average Bonchev–Trinajstić information content (AvgIpc) is 2.74. The molecular formula is C23H24ClN3O. The lowest BCUT2D eigenvalue weighted by Crippen LogP contribution is -2.48. The molecule has 28 heavy (non-hydrogen) atoms. The molecule has 144 valence electrons. The third kappa shape index (κ3) is 4.51. The minimum absolute atomic E-state index is 0.237. The van der Waals surface area contributed by atoms with Gasteiger partial charge in [0.25, 0.3) is 0 Å². The monoisotopic (exact) mass is 393 g/mol. The van der Waals surface area contributed by atoms with Crippen molar-refractivity contribution in [2.45, 2.75) is 19.4 Å². The van der Waals surface area contributed by atoms with Crippen molar-refractivity contribution in [1.82, 2.24) is 14.8 Å².